The van der Waals surface area contributed by atoms with Crippen LogP contribution in [0.3, 0.4) is 0 Å². The van der Waals surface area contributed by atoms with Gasteiger partial charge in [0.2, 0.25) is 5.91 Å². The summed E-state index contributed by atoms with van der Waals surface area (Å²) in [5.41, 5.74) is 7.88. The minimum Gasteiger partial charge on any atom is -0.457 e. The van der Waals surface area contributed by atoms with Crippen LogP contribution in [-0.2, 0) is 4.79 Å². The molecule has 4 rings (SSSR count). The van der Waals surface area contributed by atoms with E-state index < -0.39 is 0 Å². The van der Waals surface area contributed by atoms with Gasteiger partial charge in [-0.15, -0.1) is 0 Å². The first-order chi connectivity index (χ1) is 15.6. The minimum absolute atomic E-state index is 0.0462. The van der Waals surface area contributed by atoms with E-state index in [0.29, 0.717) is 18.2 Å². The molecule has 0 aliphatic carbocycles. The smallest absolute Gasteiger partial charge is 0.246 e. The van der Waals surface area contributed by atoms with Gasteiger partial charge >= 0.3 is 0 Å². The molecule has 1 fully saturated rings. The highest BCUT2D eigenvalue weighted by molar-refractivity contribution is 5.87. The van der Waals surface area contributed by atoms with Crippen molar-refractivity contribution in [2.75, 3.05) is 24.1 Å². The lowest BCUT2D eigenvalue weighted by molar-refractivity contribution is -0.126. The monoisotopic (exact) mass is 429 g/mol. The molecule has 1 atom stereocenters. The summed E-state index contributed by atoms with van der Waals surface area (Å²) in [5.74, 6) is 2.51. The number of nitrogens with two attached hydrogens (primary N) is 1. The molecule has 1 unspecified atom stereocenters. The zero-order valence-corrected chi connectivity index (χ0v) is 17.9. The number of anilines is 2. The average molecular weight is 430 g/mol. The Bertz CT molecular complexity index is 1070. The summed E-state index contributed by atoms with van der Waals surface area (Å²) in [6.07, 6.45) is 5.76. The van der Waals surface area contributed by atoms with Crippen molar-refractivity contribution in [1.82, 2.24) is 14.9 Å². The number of carbonyl (C=O) groups excluding carboxylic acids is 1. The maximum Gasteiger partial charge on any atom is 0.246 e. The van der Waals surface area contributed by atoms with Crippen molar-refractivity contribution in [3.63, 3.8) is 0 Å². The van der Waals surface area contributed by atoms with Crippen molar-refractivity contribution >= 4 is 17.5 Å². The Morgan fingerprint density at radius 1 is 1.09 bits per heavy atom. The summed E-state index contributed by atoms with van der Waals surface area (Å²) in [4.78, 5) is 22.6. The molecule has 3 aromatic rings. The SMILES string of the molecule is C=CC(=O)N1CCCCC(Nc2ncnc(N)c2-c2ccc(Oc3ccccc3)cc2)C1. The summed E-state index contributed by atoms with van der Waals surface area (Å²) in [6.45, 7) is 4.95. The van der Waals surface area contributed by atoms with E-state index in [2.05, 4.69) is 21.9 Å². The molecule has 0 spiro atoms. The maximum atomic E-state index is 12.1. The summed E-state index contributed by atoms with van der Waals surface area (Å²) < 4.78 is 5.89. The van der Waals surface area contributed by atoms with Crippen molar-refractivity contribution in [1.29, 1.82) is 0 Å². The minimum atomic E-state index is -0.0462. The summed E-state index contributed by atoms with van der Waals surface area (Å²) >= 11 is 0. The van der Waals surface area contributed by atoms with Crippen molar-refractivity contribution in [2.45, 2.75) is 25.3 Å². The van der Waals surface area contributed by atoms with Gasteiger partial charge in [0.1, 0.15) is 29.5 Å². The molecular weight excluding hydrogens is 402 g/mol. The molecule has 0 bridgehead atoms. The molecule has 2 heterocycles. The third kappa shape index (κ3) is 5.06. The van der Waals surface area contributed by atoms with Crippen molar-refractivity contribution in [2.24, 2.45) is 0 Å². The first-order valence-corrected chi connectivity index (χ1v) is 10.8. The van der Waals surface area contributed by atoms with Crippen LogP contribution in [0, 0.1) is 0 Å². The van der Waals surface area contributed by atoms with E-state index >= 15 is 0 Å². The highest BCUT2D eigenvalue weighted by Crippen LogP contribution is 2.33. The van der Waals surface area contributed by atoms with Crippen molar-refractivity contribution in [3.05, 3.63) is 73.6 Å². The number of nitrogens with one attached hydrogen (secondary N) is 1. The van der Waals surface area contributed by atoms with Gasteiger partial charge in [0, 0.05) is 19.1 Å². The number of rotatable bonds is 6. The van der Waals surface area contributed by atoms with Gasteiger partial charge in [-0.05, 0) is 55.2 Å². The zero-order valence-electron chi connectivity index (χ0n) is 17.9. The molecule has 3 N–H and O–H groups in total. The second kappa shape index (κ2) is 9.96. The van der Waals surface area contributed by atoms with Gasteiger partial charge in [-0.1, -0.05) is 36.9 Å². The van der Waals surface area contributed by atoms with Crippen LogP contribution in [-0.4, -0.2) is 39.9 Å². The van der Waals surface area contributed by atoms with Crippen molar-refractivity contribution < 1.29 is 9.53 Å². The Hall–Kier alpha value is -3.87. The normalized spacial score (nSPS) is 16.1. The Morgan fingerprint density at radius 3 is 2.59 bits per heavy atom. The van der Waals surface area contributed by atoms with E-state index in [9.17, 15) is 4.79 Å². The first kappa shape index (κ1) is 21.4. The molecule has 1 amide bonds. The molecule has 164 valence electrons. The lowest BCUT2D eigenvalue weighted by Gasteiger charge is -2.25. The highest BCUT2D eigenvalue weighted by Gasteiger charge is 2.22. The fourth-order valence-electron chi connectivity index (χ4n) is 3.89. The van der Waals surface area contributed by atoms with E-state index in [4.69, 9.17) is 10.5 Å². The third-order valence-corrected chi connectivity index (χ3v) is 5.50. The number of hydrogen-bond donors (Lipinski definition) is 2. The average Bonchev–Trinajstić information content (AvgIpc) is 3.06. The number of benzene rings is 2. The van der Waals surface area contributed by atoms with E-state index in [-0.39, 0.29) is 11.9 Å². The van der Waals surface area contributed by atoms with E-state index in [1.807, 2.05) is 59.5 Å². The number of nitrogen functional groups attached to an aromatic ring is 1. The summed E-state index contributed by atoms with van der Waals surface area (Å²) in [6, 6.07) is 17.4. The first-order valence-electron chi connectivity index (χ1n) is 10.8. The maximum absolute atomic E-state index is 12.1. The predicted octanol–water partition coefficient (Wildman–Crippen LogP) is 4.50. The van der Waals surface area contributed by atoms with Gasteiger partial charge in [0.15, 0.2) is 0 Å². The zero-order chi connectivity index (χ0) is 22.3. The largest absolute Gasteiger partial charge is 0.457 e. The lowest BCUT2D eigenvalue weighted by atomic mass is 10.1. The highest BCUT2D eigenvalue weighted by atomic mass is 16.5. The van der Waals surface area contributed by atoms with Gasteiger partial charge in [0.05, 0.1) is 5.56 Å². The number of hydrogen-bond acceptors (Lipinski definition) is 6. The number of likely N-dealkylation sites (tertiary alicyclic amines) is 1. The van der Waals surface area contributed by atoms with Crippen LogP contribution in [0.4, 0.5) is 11.6 Å². The standard InChI is InChI=1S/C25H27N5O2/c1-2-22(31)30-15-7-6-8-19(16-30)29-25-23(24(26)27-17-28-25)18-11-13-21(14-12-18)32-20-9-4-3-5-10-20/h2-5,9-14,17,19H,1,6-8,15-16H2,(H3,26,27,28,29). The lowest BCUT2D eigenvalue weighted by Crippen LogP contribution is -2.38. The predicted molar refractivity (Wildman–Crippen MR) is 126 cm³/mol. The Balaban J connectivity index is 1.55. The van der Waals surface area contributed by atoms with Crippen molar-refractivity contribution in [3.8, 4) is 22.6 Å². The Kier molecular flexibility index (Phi) is 6.65. The van der Waals surface area contributed by atoms with Gasteiger partial charge in [0.25, 0.3) is 0 Å². The van der Waals surface area contributed by atoms with Crippen LogP contribution in [0.5, 0.6) is 11.5 Å². The topological polar surface area (TPSA) is 93.4 Å². The van der Waals surface area contributed by atoms with E-state index in [0.717, 1.165) is 48.4 Å². The summed E-state index contributed by atoms with van der Waals surface area (Å²) in [7, 11) is 0. The fraction of sp³-hybridized carbons (Fsp3) is 0.240. The Labute approximate surface area is 187 Å². The van der Waals surface area contributed by atoms with Crippen LogP contribution < -0.4 is 15.8 Å². The molecule has 2 aromatic carbocycles. The van der Waals surface area contributed by atoms with Gasteiger partial charge < -0.3 is 20.7 Å². The molecule has 1 aromatic heterocycles. The number of ether oxygens (including phenoxy) is 1. The van der Waals surface area contributed by atoms with Crippen LogP contribution in [0.15, 0.2) is 73.6 Å². The number of carbonyl (C=O) groups is 1. The fourth-order valence-corrected chi connectivity index (χ4v) is 3.89. The van der Waals surface area contributed by atoms with Crippen LogP contribution in [0.25, 0.3) is 11.1 Å². The molecule has 0 saturated carbocycles. The molecule has 7 nitrogen and oxygen atoms in total. The van der Waals surface area contributed by atoms with Gasteiger partial charge in [-0.3, -0.25) is 4.79 Å². The second-order valence-corrected chi connectivity index (χ2v) is 7.75. The van der Waals surface area contributed by atoms with Gasteiger partial charge in [-0.25, -0.2) is 9.97 Å². The number of amides is 1. The van der Waals surface area contributed by atoms with Crippen LogP contribution in [0.2, 0.25) is 0 Å². The third-order valence-electron chi connectivity index (χ3n) is 5.50. The van der Waals surface area contributed by atoms with E-state index in [1.165, 1.54) is 12.4 Å². The molecule has 32 heavy (non-hydrogen) atoms. The summed E-state index contributed by atoms with van der Waals surface area (Å²) in [5, 5.41) is 3.50. The number of aromatic nitrogens is 2. The number of para-hydroxylation sites is 1. The van der Waals surface area contributed by atoms with Crippen LogP contribution in [0.1, 0.15) is 19.3 Å². The molecule has 1 saturated heterocycles. The van der Waals surface area contributed by atoms with Gasteiger partial charge in [-0.2, -0.15) is 0 Å². The Morgan fingerprint density at radius 2 is 1.84 bits per heavy atom. The molecule has 1 aliphatic rings. The van der Waals surface area contributed by atoms with Crippen LogP contribution >= 0.6 is 0 Å². The molecular formula is C25H27N5O2. The second-order valence-electron chi connectivity index (χ2n) is 7.75. The van der Waals surface area contributed by atoms with E-state index in [1.54, 1.807) is 0 Å². The molecule has 7 heteroatoms. The molecule has 0 radical (unpaired) electrons. The molecule has 1 aliphatic heterocycles. The quantitative estimate of drug-likeness (QED) is 0.561. The number of nitrogens with zero attached hydrogens (tertiary/aromatic N) is 3.